The third kappa shape index (κ3) is 5.44. The molecule has 0 aromatic heterocycles. The first-order chi connectivity index (χ1) is 12.4. The summed E-state index contributed by atoms with van der Waals surface area (Å²) in [5, 5.41) is 14.9. The van der Waals surface area contributed by atoms with Gasteiger partial charge in [0.15, 0.2) is 0 Å². The van der Waals surface area contributed by atoms with Crippen molar-refractivity contribution in [3.05, 3.63) is 23.8 Å². The second kappa shape index (κ2) is 9.01. The number of hydrogen-bond donors (Lipinski definition) is 2. The van der Waals surface area contributed by atoms with E-state index in [9.17, 15) is 10.1 Å². The van der Waals surface area contributed by atoms with E-state index in [2.05, 4.69) is 10.8 Å². The lowest BCUT2D eigenvalue weighted by molar-refractivity contribution is 0.00360. The van der Waals surface area contributed by atoms with Crippen molar-refractivity contribution in [1.82, 2.24) is 4.90 Å². The molecule has 7 nitrogen and oxygen atoms in total. The van der Waals surface area contributed by atoms with E-state index in [4.69, 9.17) is 14.6 Å². The van der Waals surface area contributed by atoms with Crippen molar-refractivity contribution in [2.75, 3.05) is 17.9 Å². The maximum absolute atomic E-state index is 12.5. The molecule has 1 heterocycles. The number of ether oxygens (including phenoxy) is 2. The van der Waals surface area contributed by atoms with E-state index in [0.29, 0.717) is 30.2 Å². The molecule has 0 aliphatic carbocycles. The molecule has 26 heavy (non-hydrogen) atoms. The van der Waals surface area contributed by atoms with Crippen molar-refractivity contribution in [3.63, 3.8) is 0 Å². The van der Waals surface area contributed by atoms with Gasteiger partial charge in [-0.1, -0.05) is 6.07 Å². The van der Waals surface area contributed by atoms with Crippen molar-refractivity contribution in [2.45, 2.75) is 51.7 Å². The number of amides is 1. The molecular weight excluding hydrogens is 352 g/mol. The average Bonchev–Trinajstić information content (AvgIpc) is 2.59. The predicted molar refractivity (Wildman–Crippen MR) is 103 cm³/mol. The van der Waals surface area contributed by atoms with E-state index in [0.717, 1.165) is 31.4 Å². The van der Waals surface area contributed by atoms with Crippen LogP contribution in [0.15, 0.2) is 18.2 Å². The number of piperidine rings is 1. The molecule has 1 saturated heterocycles. The van der Waals surface area contributed by atoms with Crippen molar-refractivity contribution >= 4 is 23.9 Å². The highest BCUT2D eigenvalue weighted by Crippen LogP contribution is 2.28. The summed E-state index contributed by atoms with van der Waals surface area (Å²) in [5.74, 6) is 0.473. The van der Waals surface area contributed by atoms with Gasteiger partial charge in [0.25, 0.3) is 0 Å². The lowest BCUT2D eigenvalue weighted by Gasteiger charge is -2.36. The van der Waals surface area contributed by atoms with Crippen LogP contribution < -0.4 is 14.6 Å². The standard InChI is InChI=1S/C18H26N4O3S/c1-18(2,3)25-17(23)22-10-5-4-7-13(22)12-24-16-9-6-8-15(21-26-20)14(16)11-19/h6,8-9,13,21H,4-5,7,10,12,20H2,1-3H3. The SMILES string of the molecule is CC(C)(C)OC(=O)N1CCCCC1COc1cccc(NSN)c1C#N. The molecule has 0 bridgehead atoms. The Morgan fingerprint density at radius 2 is 2.23 bits per heavy atom. The van der Waals surface area contributed by atoms with Gasteiger partial charge in [0.05, 0.1) is 11.7 Å². The molecule has 142 valence electrons. The first-order valence-electron chi connectivity index (χ1n) is 8.63. The number of anilines is 1. The van der Waals surface area contributed by atoms with Gasteiger partial charge in [0, 0.05) is 18.7 Å². The summed E-state index contributed by atoms with van der Waals surface area (Å²) in [6.45, 7) is 6.53. The maximum atomic E-state index is 12.5. The Balaban J connectivity index is 2.08. The largest absolute Gasteiger partial charge is 0.490 e. The summed E-state index contributed by atoms with van der Waals surface area (Å²) in [6.07, 6.45) is 2.51. The Hall–Kier alpha value is -2.11. The molecule has 1 amide bonds. The van der Waals surface area contributed by atoms with Crippen molar-refractivity contribution in [3.8, 4) is 11.8 Å². The number of nitrogens with two attached hydrogens (primary N) is 1. The van der Waals surface area contributed by atoms with E-state index in [1.54, 1.807) is 23.1 Å². The Kier molecular flexibility index (Phi) is 7.00. The monoisotopic (exact) mass is 378 g/mol. The number of likely N-dealkylation sites (tertiary alicyclic amines) is 1. The van der Waals surface area contributed by atoms with Crippen LogP contribution in [0.5, 0.6) is 5.75 Å². The second-order valence-electron chi connectivity index (χ2n) is 7.14. The Morgan fingerprint density at radius 3 is 2.88 bits per heavy atom. The number of carbonyl (C=O) groups is 1. The summed E-state index contributed by atoms with van der Waals surface area (Å²) in [4.78, 5) is 14.2. The fourth-order valence-electron chi connectivity index (χ4n) is 2.84. The summed E-state index contributed by atoms with van der Waals surface area (Å²) in [7, 11) is 0. The quantitative estimate of drug-likeness (QED) is 0.754. The van der Waals surface area contributed by atoms with Crippen LogP contribution in [0, 0.1) is 11.3 Å². The average molecular weight is 378 g/mol. The van der Waals surface area contributed by atoms with Crippen LogP contribution >= 0.6 is 12.1 Å². The first-order valence-corrected chi connectivity index (χ1v) is 9.51. The van der Waals surface area contributed by atoms with E-state index >= 15 is 0 Å². The summed E-state index contributed by atoms with van der Waals surface area (Å²) >= 11 is 0.923. The lowest BCUT2D eigenvalue weighted by Crippen LogP contribution is -2.48. The third-order valence-electron chi connectivity index (χ3n) is 3.99. The van der Waals surface area contributed by atoms with Crippen LogP contribution in [-0.2, 0) is 4.74 Å². The van der Waals surface area contributed by atoms with Gasteiger partial charge >= 0.3 is 6.09 Å². The van der Waals surface area contributed by atoms with Crippen LogP contribution in [0.3, 0.4) is 0 Å². The van der Waals surface area contributed by atoms with Crippen molar-refractivity contribution in [2.24, 2.45) is 5.14 Å². The molecule has 3 N–H and O–H groups in total. The Labute approximate surface area is 159 Å². The number of nitriles is 1. The molecule has 2 rings (SSSR count). The van der Waals surface area contributed by atoms with E-state index in [1.165, 1.54) is 0 Å². The molecule has 1 aromatic carbocycles. The molecule has 0 spiro atoms. The minimum Gasteiger partial charge on any atom is -0.490 e. The maximum Gasteiger partial charge on any atom is 0.410 e. The zero-order valence-corrected chi connectivity index (χ0v) is 16.3. The van der Waals surface area contributed by atoms with Gasteiger partial charge in [-0.25, -0.2) is 4.79 Å². The summed E-state index contributed by atoms with van der Waals surface area (Å²) in [5.41, 5.74) is 0.462. The topological polar surface area (TPSA) is 101 Å². The van der Waals surface area contributed by atoms with Gasteiger partial charge in [0.2, 0.25) is 0 Å². The van der Waals surface area contributed by atoms with Crippen molar-refractivity contribution < 1.29 is 14.3 Å². The van der Waals surface area contributed by atoms with Gasteiger partial charge in [-0.15, -0.1) is 0 Å². The predicted octanol–water partition coefficient (Wildman–Crippen LogP) is 3.66. The van der Waals surface area contributed by atoms with Gasteiger partial charge < -0.3 is 19.1 Å². The number of benzene rings is 1. The first kappa shape index (κ1) is 20.2. The van der Waals surface area contributed by atoms with Gasteiger partial charge in [-0.05, 0) is 52.2 Å². The number of hydrogen-bond acceptors (Lipinski definition) is 7. The second-order valence-corrected chi connectivity index (χ2v) is 7.58. The summed E-state index contributed by atoms with van der Waals surface area (Å²) < 4.78 is 14.3. The van der Waals surface area contributed by atoms with Gasteiger partial charge in [-0.3, -0.25) is 5.14 Å². The van der Waals surface area contributed by atoms with Crippen molar-refractivity contribution in [1.29, 1.82) is 5.26 Å². The van der Waals surface area contributed by atoms with E-state index in [1.807, 2.05) is 20.8 Å². The molecule has 0 saturated carbocycles. The minimum atomic E-state index is -0.534. The van der Waals surface area contributed by atoms with Crippen LogP contribution in [0.4, 0.5) is 10.5 Å². The Bertz CT molecular complexity index is 669. The molecule has 1 fully saturated rings. The molecule has 1 unspecified atom stereocenters. The molecule has 1 atom stereocenters. The van der Waals surface area contributed by atoms with E-state index in [-0.39, 0.29) is 12.1 Å². The number of nitrogens with one attached hydrogen (secondary N) is 1. The fraction of sp³-hybridized carbons (Fsp3) is 0.556. The highest BCUT2D eigenvalue weighted by atomic mass is 32.2. The lowest BCUT2D eigenvalue weighted by atomic mass is 10.0. The Morgan fingerprint density at radius 1 is 1.46 bits per heavy atom. The molecular formula is C18H26N4O3S. The normalized spacial score (nSPS) is 17.3. The van der Waals surface area contributed by atoms with Crippen LogP contribution in [-0.4, -0.2) is 35.8 Å². The summed E-state index contributed by atoms with van der Waals surface area (Å²) in [6, 6.07) is 7.36. The highest BCUT2D eigenvalue weighted by Gasteiger charge is 2.31. The smallest absolute Gasteiger partial charge is 0.410 e. The highest BCUT2D eigenvalue weighted by molar-refractivity contribution is 7.98. The molecule has 1 aliphatic rings. The van der Waals surface area contributed by atoms with Crippen LogP contribution in [0.25, 0.3) is 0 Å². The molecule has 1 aromatic rings. The fourth-order valence-corrected chi connectivity index (χ4v) is 3.13. The van der Waals surface area contributed by atoms with Gasteiger partial charge in [0.1, 0.15) is 29.6 Å². The minimum absolute atomic E-state index is 0.0781. The molecule has 0 radical (unpaired) electrons. The zero-order chi connectivity index (χ0) is 19.2. The van der Waals surface area contributed by atoms with Crippen LogP contribution in [0.1, 0.15) is 45.6 Å². The van der Waals surface area contributed by atoms with E-state index < -0.39 is 5.60 Å². The third-order valence-corrected chi connectivity index (χ3v) is 4.33. The number of rotatable bonds is 5. The number of nitrogens with zero attached hydrogens (tertiary/aromatic N) is 2. The molecule has 1 aliphatic heterocycles. The zero-order valence-electron chi connectivity index (χ0n) is 15.4. The molecule has 8 heteroatoms. The van der Waals surface area contributed by atoms with Crippen LogP contribution in [0.2, 0.25) is 0 Å². The number of carbonyl (C=O) groups excluding carboxylic acids is 1. The van der Waals surface area contributed by atoms with Gasteiger partial charge in [-0.2, -0.15) is 5.26 Å².